The number of aromatic nitrogens is 2. The van der Waals surface area contributed by atoms with Crippen molar-refractivity contribution in [3.63, 3.8) is 0 Å². The van der Waals surface area contributed by atoms with Gasteiger partial charge in [0.05, 0.1) is 5.69 Å². The zero-order chi connectivity index (χ0) is 14.6. The van der Waals surface area contributed by atoms with Gasteiger partial charge in [0.2, 0.25) is 0 Å². The van der Waals surface area contributed by atoms with E-state index in [2.05, 4.69) is 12.0 Å². The van der Waals surface area contributed by atoms with Crippen molar-refractivity contribution in [2.24, 2.45) is 11.1 Å². The number of hydrogen-bond donors (Lipinski definition) is 1. The minimum atomic E-state index is -0.284. The SMILES string of the molecule is CCn1nc(C)cc1CC(=O)C1(CN)CCCCCC1. The van der Waals surface area contributed by atoms with Gasteiger partial charge in [0.25, 0.3) is 0 Å². The molecule has 1 aliphatic rings. The Morgan fingerprint density at radius 3 is 2.55 bits per heavy atom. The van der Waals surface area contributed by atoms with Crippen LogP contribution in [0.4, 0.5) is 0 Å². The Labute approximate surface area is 121 Å². The molecular weight excluding hydrogens is 250 g/mol. The van der Waals surface area contributed by atoms with Gasteiger partial charge in [0.1, 0.15) is 5.78 Å². The van der Waals surface area contributed by atoms with Crippen LogP contribution in [0, 0.1) is 12.3 Å². The zero-order valence-corrected chi connectivity index (χ0v) is 12.8. The molecule has 2 N–H and O–H groups in total. The number of ketones is 1. The van der Waals surface area contributed by atoms with Gasteiger partial charge in [-0.2, -0.15) is 5.10 Å². The molecule has 0 saturated heterocycles. The van der Waals surface area contributed by atoms with Gasteiger partial charge in [-0.3, -0.25) is 9.48 Å². The highest BCUT2D eigenvalue weighted by Crippen LogP contribution is 2.36. The summed E-state index contributed by atoms with van der Waals surface area (Å²) < 4.78 is 1.94. The Balaban J connectivity index is 2.16. The summed E-state index contributed by atoms with van der Waals surface area (Å²) in [7, 11) is 0. The molecular formula is C16H27N3O. The van der Waals surface area contributed by atoms with Gasteiger partial charge >= 0.3 is 0 Å². The predicted molar refractivity (Wildman–Crippen MR) is 80.5 cm³/mol. The topological polar surface area (TPSA) is 60.9 Å². The standard InChI is InChI=1S/C16H27N3O/c1-3-19-14(10-13(2)18-19)11-15(20)16(12-17)8-6-4-5-7-9-16/h10H,3-9,11-12,17H2,1-2H3. The Hall–Kier alpha value is -1.16. The fraction of sp³-hybridized carbons (Fsp3) is 0.750. The van der Waals surface area contributed by atoms with Crippen LogP contribution >= 0.6 is 0 Å². The third kappa shape index (κ3) is 3.11. The predicted octanol–water partition coefficient (Wildman–Crippen LogP) is 2.62. The molecule has 0 atom stereocenters. The summed E-state index contributed by atoms with van der Waals surface area (Å²) in [5.74, 6) is 0.316. The number of nitrogens with two attached hydrogens (primary N) is 1. The minimum absolute atomic E-state index is 0.284. The van der Waals surface area contributed by atoms with E-state index >= 15 is 0 Å². The van der Waals surface area contributed by atoms with Gasteiger partial charge in [-0.15, -0.1) is 0 Å². The molecule has 1 saturated carbocycles. The van der Waals surface area contributed by atoms with Crippen LogP contribution in [0.25, 0.3) is 0 Å². The molecule has 0 aromatic carbocycles. The first-order valence-electron chi connectivity index (χ1n) is 7.88. The Bertz CT molecular complexity index is 456. The maximum Gasteiger partial charge on any atom is 0.146 e. The van der Waals surface area contributed by atoms with Crippen molar-refractivity contribution in [1.29, 1.82) is 0 Å². The van der Waals surface area contributed by atoms with Crippen molar-refractivity contribution in [2.45, 2.75) is 65.3 Å². The Kier molecular flexibility index (Phi) is 4.97. The van der Waals surface area contributed by atoms with Crippen molar-refractivity contribution in [1.82, 2.24) is 9.78 Å². The van der Waals surface area contributed by atoms with Crippen LogP contribution in [-0.2, 0) is 17.8 Å². The van der Waals surface area contributed by atoms with Gasteiger partial charge in [-0.05, 0) is 32.8 Å². The van der Waals surface area contributed by atoms with E-state index < -0.39 is 0 Å². The van der Waals surface area contributed by atoms with Crippen LogP contribution < -0.4 is 5.73 Å². The molecule has 4 heteroatoms. The van der Waals surface area contributed by atoms with Crippen molar-refractivity contribution >= 4 is 5.78 Å². The normalized spacial score (nSPS) is 18.8. The fourth-order valence-corrected chi connectivity index (χ4v) is 3.37. The quantitative estimate of drug-likeness (QED) is 0.842. The second-order valence-electron chi connectivity index (χ2n) is 6.09. The van der Waals surface area contributed by atoms with Crippen molar-refractivity contribution in [2.75, 3.05) is 6.54 Å². The molecule has 4 nitrogen and oxygen atoms in total. The molecule has 0 bridgehead atoms. The van der Waals surface area contributed by atoms with E-state index in [4.69, 9.17) is 5.73 Å². The lowest BCUT2D eigenvalue weighted by atomic mass is 9.75. The lowest BCUT2D eigenvalue weighted by Crippen LogP contribution is -2.39. The van der Waals surface area contributed by atoms with E-state index in [-0.39, 0.29) is 5.41 Å². The van der Waals surface area contributed by atoms with Crippen LogP contribution in [0.5, 0.6) is 0 Å². The van der Waals surface area contributed by atoms with Crippen molar-refractivity contribution < 1.29 is 4.79 Å². The first-order valence-corrected chi connectivity index (χ1v) is 7.88. The summed E-state index contributed by atoms with van der Waals surface area (Å²) >= 11 is 0. The van der Waals surface area contributed by atoms with Crippen LogP contribution in [0.1, 0.15) is 56.8 Å². The lowest BCUT2D eigenvalue weighted by molar-refractivity contribution is -0.128. The van der Waals surface area contributed by atoms with Crippen molar-refractivity contribution in [3.05, 3.63) is 17.5 Å². The molecule has 1 heterocycles. The number of aryl methyl sites for hydroxylation is 2. The lowest BCUT2D eigenvalue weighted by Gasteiger charge is -2.29. The molecule has 0 amide bonds. The van der Waals surface area contributed by atoms with Crippen LogP contribution in [-0.4, -0.2) is 22.1 Å². The fourth-order valence-electron chi connectivity index (χ4n) is 3.37. The van der Waals surface area contributed by atoms with Crippen LogP contribution in [0.15, 0.2) is 6.07 Å². The molecule has 0 radical (unpaired) electrons. The van der Waals surface area contributed by atoms with Crippen molar-refractivity contribution in [3.8, 4) is 0 Å². The molecule has 0 aliphatic heterocycles. The molecule has 1 aromatic heterocycles. The van der Waals surface area contributed by atoms with Gasteiger partial charge in [0.15, 0.2) is 0 Å². The summed E-state index contributed by atoms with van der Waals surface area (Å²) in [4.78, 5) is 12.8. The summed E-state index contributed by atoms with van der Waals surface area (Å²) in [6, 6.07) is 2.03. The second kappa shape index (κ2) is 6.53. The van der Waals surface area contributed by atoms with Crippen LogP contribution in [0.2, 0.25) is 0 Å². The first kappa shape index (κ1) is 15.2. The second-order valence-corrected chi connectivity index (χ2v) is 6.09. The molecule has 1 aliphatic carbocycles. The highest BCUT2D eigenvalue weighted by Gasteiger charge is 2.37. The number of hydrogen-bond acceptors (Lipinski definition) is 3. The number of rotatable bonds is 5. The molecule has 2 rings (SSSR count). The number of carbonyl (C=O) groups is 1. The van der Waals surface area contributed by atoms with E-state index in [1.54, 1.807) is 0 Å². The summed E-state index contributed by atoms with van der Waals surface area (Å²) in [6.45, 7) is 5.34. The summed E-state index contributed by atoms with van der Waals surface area (Å²) in [6.07, 6.45) is 7.14. The average Bonchev–Trinajstić information content (AvgIpc) is 2.66. The van der Waals surface area contributed by atoms with Gasteiger partial charge in [-0.25, -0.2) is 0 Å². The van der Waals surface area contributed by atoms with E-state index in [9.17, 15) is 4.79 Å². The van der Waals surface area contributed by atoms with E-state index in [1.807, 2.05) is 17.7 Å². The maximum absolute atomic E-state index is 12.8. The summed E-state index contributed by atoms with van der Waals surface area (Å²) in [5.41, 5.74) is 7.73. The Morgan fingerprint density at radius 1 is 1.35 bits per heavy atom. The monoisotopic (exact) mass is 277 g/mol. The molecule has 20 heavy (non-hydrogen) atoms. The molecule has 0 unspecified atom stereocenters. The third-order valence-electron chi connectivity index (χ3n) is 4.67. The number of nitrogens with zero attached hydrogens (tertiary/aromatic N) is 2. The third-order valence-corrected chi connectivity index (χ3v) is 4.67. The van der Waals surface area contributed by atoms with Crippen LogP contribution in [0.3, 0.4) is 0 Å². The van der Waals surface area contributed by atoms with Gasteiger partial charge in [0, 0.05) is 30.6 Å². The first-order chi connectivity index (χ1) is 9.61. The van der Waals surface area contributed by atoms with Gasteiger partial charge in [-0.1, -0.05) is 25.7 Å². The highest BCUT2D eigenvalue weighted by molar-refractivity contribution is 5.86. The van der Waals surface area contributed by atoms with E-state index in [0.717, 1.165) is 43.6 Å². The highest BCUT2D eigenvalue weighted by atomic mass is 16.1. The molecule has 0 spiro atoms. The average molecular weight is 277 g/mol. The number of Topliss-reactive ketones (excluding diaryl/α,β-unsaturated/α-hetero) is 1. The minimum Gasteiger partial charge on any atom is -0.329 e. The molecule has 1 aromatic rings. The summed E-state index contributed by atoms with van der Waals surface area (Å²) in [5, 5.41) is 4.43. The maximum atomic E-state index is 12.8. The molecule has 112 valence electrons. The largest absolute Gasteiger partial charge is 0.329 e. The number of carbonyl (C=O) groups excluding carboxylic acids is 1. The van der Waals surface area contributed by atoms with Gasteiger partial charge < -0.3 is 5.73 Å². The molecule has 1 fully saturated rings. The smallest absolute Gasteiger partial charge is 0.146 e. The Morgan fingerprint density at radius 2 is 2.00 bits per heavy atom. The van der Waals surface area contributed by atoms with E-state index in [1.165, 1.54) is 12.8 Å². The zero-order valence-electron chi connectivity index (χ0n) is 12.8. The van der Waals surface area contributed by atoms with E-state index in [0.29, 0.717) is 18.7 Å².